The number of hydrogen-bond donors (Lipinski definition) is 0. The number of nitrogens with zero attached hydrogens (tertiary/aromatic N) is 2. The molecule has 0 saturated heterocycles. The van der Waals surface area contributed by atoms with Crippen LogP contribution in [0.25, 0.3) is 11.1 Å². The molecule has 0 bridgehead atoms. The molecule has 0 N–H and O–H groups in total. The van der Waals surface area contributed by atoms with Crippen LogP contribution in [0.4, 0.5) is 4.39 Å². The van der Waals surface area contributed by atoms with E-state index in [0.717, 1.165) is 16.8 Å². The Morgan fingerprint density at radius 2 is 1.75 bits per heavy atom. The molecule has 78 valence electrons. The van der Waals surface area contributed by atoms with Gasteiger partial charge in [0.2, 0.25) is 0 Å². The van der Waals surface area contributed by atoms with Gasteiger partial charge in [-0.05, 0) is 23.8 Å². The van der Waals surface area contributed by atoms with Crippen LogP contribution in [-0.4, -0.2) is 4.98 Å². The minimum Gasteiger partial charge on any atom is -0.260 e. The van der Waals surface area contributed by atoms with Gasteiger partial charge >= 0.3 is 0 Å². The second kappa shape index (κ2) is 4.54. The van der Waals surface area contributed by atoms with Gasteiger partial charge in [-0.3, -0.25) is 4.98 Å². The topological polar surface area (TPSA) is 36.7 Å². The molecule has 0 saturated carbocycles. The quantitative estimate of drug-likeness (QED) is 0.767. The molecule has 0 radical (unpaired) electrons. The second-order valence-corrected chi connectivity index (χ2v) is 3.38. The molecule has 0 spiro atoms. The van der Waals surface area contributed by atoms with Gasteiger partial charge in [0.05, 0.1) is 18.2 Å². The molecule has 2 nitrogen and oxygen atoms in total. The lowest BCUT2D eigenvalue weighted by Gasteiger charge is -2.01. The van der Waals surface area contributed by atoms with E-state index in [9.17, 15) is 4.39 Å². The molecule has 3 heteroatoms. The van der Waals surface area contributed by atoms with Crippen LogP contribution in [0.5, 0.6) is 0 Å². The van der Waals surface area contributed by atoms with Crippen molar-refractivity contribution in [2.24, 2.45) is 0 Å². The lowest BCUT2D eigenvalue weighted by atomic mass is 10.1. The zero-order valence-electron chi connectivity index (χ0n) is 8.52. The molecule has 0 amide bonds. The van der Waals surface area contributed by atoms with Crippen molar-refractivity contribution in [3.8, 4) is 17.2 Å². The van der Waals surface area contributed by atoms with Gasteiger partial charge in [0.25, 0.3) is 0 Å². The van der Waals surface area contributed by atoms with Crippen LogP contribution in [0.3, 0.4) is 0 Å². The number of halogens is 1. The Hall–Kier alpha value is -2.21. The van der Waals surface area contributed by atoms with E-state index < -0.39 is 0 Å². The van der Waals surface area contributed by atoms with Crippen molar-refractivity contribution >= 4 is 0 Å². The maximum absolute atomic E-state index is 12.7. The fraction of sp³-hybridized carbons (Fsp3) is 0.0769. The third-order valence-electron chi connectivity index (χ3n) is 2.26. The van der Waals surface area contributed by atoms with Gasteiger partial charge in [0.15, 0.2) is 0 Å². The molecule has 1 heterocycles. The lowest BCUT2D eigenvalue weighted by Crippen LogP contribution is -1.88. The first kappa shape index (κ1) is 10.3. The molecule has 16 heavy (non-hydrogen) atoms. The Bertz CT molecular complexity index is 509. The Kier molecular flexibility index (Phi) is 2.93. The van der Waals surface area contributed by atoms with Gasteiger partial charge in [0, 0.05) is 11.8 Å². The minimum absolute atomic E-state index is 0.252. The van der Waals surface area contributed by atoms with E-state index in [1.165, 1.54) is 12.1 Å². The Morgan fingerprint density at radius 3 is 2.31 bits per heavy atom. The molecule has 1 aromatic carbocycles. The highest BCUT2D eigenvalue weighted by Gasteiger charge is 1.99. The standard InChI is InChI=1S/C13H9FN2/c14-12-4-1-10(2-5-12)11-3-6-13(7-8-15)16-9-11/h1-6,9H,7H2. The van der Waals surface area contributed by atoms with Gasteiger partial charge < -0.3 is 0 Å². The maximum atomic E-state index is 12.7. The Balaban J connectivity index is 2.28. The number of aromatic nitrogens is 1. The van der Waals surface area contributed by atoms with E-state index in [-0.39, 0.29) is 5.82 Å². The summed E-state index contributed by atoms with van der Waals surface area (Å²) in [6.07, 6.45) is 2.00. The van der Waals surface area contributed by atoms with Crippen molar-refractivity contribution in [2.45, 2.75) is 6.42 Å². The van der Waals surface area contributed by atoms with Crippen LogP contribution < -0.4 is 0 Å². The van der Waals surface area contributed by atoms with Crippen LogP contribution in [0.15, 0.2) is 42.6 Å². The number of pyridine rings is 1. The SMILES string of the molecule is N#CCc1ccc(-c2ccc(F)cc2)cn1. The zero-order valence-corrected chi connectivity index (χ0v) is 8.52. The van der Waals surface area contributed by atoms with Crippen LogP contribution >= 0.6 is 0 Å². The van der Waals surface area contributed by atoms with E-state index >= 15 is 0 Å². The first-order chi connectivity index (χ1) is 7.79. The summed E-state index contributed by atoms with van der Waals surface area (Å²) in [7, 11) is 0. The highest BCUT2D eigenvalue weighted by atomic mass is 19.1. The van der Waals surface area contributed by atoms with Crippen LogP contribution in [-0.2, 0) is 6.42 Å². The van der Waals surface area contributed by atoms with Crippen molar-refractivity contribution in [1.29, 1.82) is 5.26 Å². The van der Waals surface area contributed by atoms with E-state index in [1.54, 1.807) is 18.3 Å². The number of nitriles is 1. The van der Waals surface area contributed by atoms with Gasteiger partial charge in [0.1, 0.15) is 5.82 Å². The van der Waals surface area contributed by atoms with Crippen LogP contribution in [0, 0.1) is 17.1 Å². The van der Waals surface area contributed by atoms with E-state index in [2.05, 4.69) is 4.98 Å². The van der Waals surface area contributed by atoms with Gasteiger partial charge in [-0.1, -0.05) is 18.2 Å². The third kappa shape index (κ3) is 2.23. The summed E-state index contributed by atoms with van der Waals surface area (Å²) in [6.45, 7) is 0. The monoisotopic (exact) mass is 212 g/mol. The average Bonchev–Trinajstić information content (AvgIpc) is 2.32. The molecule has 0 aliphatic heterocycles. The van der Waals surface area contributed by atoms with Crippen molar-refractivity contribution in [3.05, 3.63) is 54.1 Å². The molecule has 0 aliphatic rings. The van der Waals surface area contributed by atoms with Crippen molar-refractivity contribution in [2.75, 3.05) is 0 Å². The summed E-state index contributed by atoms with van der Waals surface area (Å²) in [6, 6.07) is 12.0. The highest BCUT2D eigenvalue weighted by molar-refractivity contribution is 5.62. The second-order valence-electron chi connectivity index (χ2n) is 3.38. The molecule has 2 rings (SSSR count). The first-order valence-electron chi connectivity index (χ1n) is 4.87. The molecular formula is C13H9FN2. The maximum Gasteiger partial charge on any atom is 0.123 e. The fourth-order valence-electron chi connectivity index (χ4n) is 1.42. The zero-order chi connectivity index (χ0) is 11.4. The molecule has 0 unspecified atom stereocenters. The van der Waals surface area contributed by atoms with Gasteiger partial charge in [-0.25, -0.2) is 4.39 Å². The van der Waals surface area contributed by atoms with Crippen LogP contribution in [0.1, 0.15) is 5.69 Å². The largest absolute Gasteiger partial charge is 0.260 e. The predicted octanol–water partition coefficient (Wildman–Crippen LogP) is 2.95. The summed E-state index contributed by atoms with van der Waals surface area (Å²) >= 11 is 0. The summed E-state index contributed by atoms with van der Waals surface area (Å²) in [4.78, 5) is 4.15. The summed E-state index contributed by atoms with van der Waals surface area (Å²) in [5.74, 6) is -0.252. The Morgan fingerprint density at radius 1 is 1.06 bits per heavy atom. The van der Waals surface area contributed by atoms with Crippen LogP contribution in [0.2, 0.25) is 0 Å². The fourth-order valence-corrected chi connectivity index (χ4v) is 1.42. The molecule has 2 aromatic rings. The third-order valence-corrected chi connectivity index (χ3v) is 2.26. The lowest BCUT2D eigenvalue weighted by molar-refractivity contribution is 0.628. The Labute approximate surface area is 93.0 Å². The van der Waals surface area contributed by atoms with Gasteiger partial charge in [-0.15, -0.1) is 0 Å². The molecule has 0 atom stereocenters. The molecule has 0 fully saturated rings. The van der Waals surface area contributed by atoms with Gasteiger partial charge in [-0.2, -0.15) is 5.26 Å². The predicted molar refractivity (Wildman–Crippen MR) is 58.9 cm³/mol. The van der Waals surface area contributed by atoms with Crippen molar-refractivity contribution in [3.63, 3.8) is 0 Å². The number of hydrogen-bond acceptors (Lipinski definition) is 2. The van der Waals surface area contributed by atoms with Crippen molar-refractivity contribution in [1.82, 2.24) is 4.98 Å². The number of rotatable bonds is 2. The molecular weight excluding hydrogens is 203 g/mol. The average molecular weight is 212 g/mol. The van der Waals surface area contributed by atoms with E-state index in [4.69, 9.17) is 5.26 Å². The highest BCUT2D eigenvalue weighted by Crippen LogP contribution is 2.18. The van der Waals surface area contributed by atoms with E-state index in [1.807, 2.05) is 18.2 Å². The smallest absolute Gasteiger partial charge is 0.123 e. The normalized spacial score (nSPS) is 9.75. The summed E-state index contributed by atoms with van der Waals surface area (Å²) < 4.78 is 12.7. The number of benzene rings is 1. The summed E-state index contributed by atoms with van der Waals surface area (Å²) in [5, 5.41) is 8.50. The van der Waals surface area contributed by atoms with Crippen molar-refractivity contribution < 1.29 is 4.39 Å². The first-order valence-corrected chi connectivity index (χ1v) is 4.87. The minimum atomic E-state index is -0.252. The molecule has 0 aliphatic carbocycles. The molecule has 1 aromatic heterocycles. The summed E-state index contributed by atoms with van der Waals surface area (Å²) in [5.41, 5.74) is 2.58. The van der Waals surface area contributed by atoms with E-state index in [0.29, 0.717) is 6.42 Å².